The molecule has 43 heavy (non-hydrogen) atoms. The Balaban J connectivity index is 1.02. The van der Waals surface area contributed by atoms with Gasteiger partial charge in [-0.25, -0.2) is 4.98 Å². The summed E-state index contributed by atoms with van der Waals surface area (Å²) >= 11 is 0. The number of nitrogens with zero attached hydrogens (tertiary/aromatic N) is 4. The number of rotatable bonds is 15. The Kier molecular flexibility index (Phi) is 9.69. The first-order valence-electron chi connectivity index (χ1n) is 13.6. The Morgan fingerprint density at radius 2 is 1.84 bits per heavy atom. The summed E-state index contributed by atoms with van der Waals surface area (Å²) in [5, 5.41) is 31.8. The number of aromatic amines is 1. The number of halogens is 3. The van der Waals surface area contributed by atoms with Gasteiger partial charge in [0.05, 0.1) is 30.2 Å². The first-order chi connectivity index (χ1) is 20.8. The van der Waals surface area contributed by atoms with E-state index >= 15 is 0 Å². The number of H-pyrrole nitrogens is 1. The van der Waals surface area contributed by atoms with Gasteiger partial charge in [-0.05, 0) is 60.3 Å². The van der Waals surface area contributed by atoms with E-state index in [0.717, 1.165) is 40.6 Å². The van der Waals surface area contributed by atoms with E-state index in [2.05, 4.69) is 40.7 Å². The molecule has 11 nitrogen and oxygen atoms in total. The summed E-state index contributed by atoms with van der Waals surface area (Å²) in [6.07, 6.45) is 3.27. The van der Waals surface area contributed by atoms with Crippen molar-refractivity contribution in [1.29, 1.82) is 0 Å². The molecule has 3 aromatic heterocycles. The summed E-state index contributed by atoms with van der Waals surface area (Å²) in [4.78, 5) is 4.03. The summed E-state index contributed by atoms with van der Waals surface area (Å²) in [5.74, 6) is -0.417. The Morgan fingerprint density at radius 1 is 0.953 bits per heavy atom. The lowest BCUT2D eigenvalue weighted by Gasteiger charge is -2.13. The van der Waals surface area contributed by atoms with Crippen molar-refractivity contribution in [3.05, 3.63) is 78.3 Å². The maximum atomic E-state index is 12.8. The number of benzene rings is 2. The van der Waals surface area contributed by atoms with Crippen LogP contribution in [0.4, 0.5) is 18.9 Å². The molecule has 0 fully saturated rings. The Bertz CT molecular complexity index is 1610. The molecule has 0 radical (unpaired) electrons. The normalized spacial score (nSPS) is 11.7. The van der Waals surface area contributed by atoms with E-state index in [-0.39, 0.29) is 11.6 Å². The fourth-order valence-corrected chi connectivity index (χ4v) is 4.58. The molecule has 0 atom stereocenters. The van der Waals surface area contributed by atoms with Gasteiger partial charge in [0.25, 0.3) is 0 Å². The molecular formula is C29H30F3N7O4. The molecule has 3 heterocycles. The standard InChI is InChI=1S/C29H30F3N7O4/c30-29(31,32)43-24-9-19(8-23-17-42-18-35-23)7-20(10-24)14-33-3-1-2-5-41-6-4-34-26-11-21(12-27-25(26)16-37-38-27)22-13-28(40)39-36-15-22/h7,9-13,15-18,33-34H,1-6,8,14H2,(H,37,38)(H,39,40). The second kappa shape index (κ2) is 14.0. The number of nitrogens with one attached hydrogen (secondary N) is 3. The predicted molar refractivity (Wildman–Crippen MR) is 151 cm³/mol. The largest absolute Gasteiger partial charge is 0.573 e. The summed E-state index contributed by atoms with van der Waals surface area (Å²) < 4.78 is 53.3. The molecule has 0 aliphatic rings. The highest BCUT2D eigenvalue weighted by Gasteiger charge is 2.31. The van der Waals surface area contributed by atoms with Crippen LogP contribution >= 0.6 is 0 Å². The van der Waals surface area contributed by atoms with Crippen LogP contribution in [0, 0.1) is 0 Å². The van der Waals surface area contributed by atoms with Crippen molar-refractivity contribution in [2.45, 2.75) is 32.2 Å². The lowest BCUT2D eigenvalue weighted by molar-refractivity contribution is -0.274. The minimum atomic E-state index is -4.77. The van der Waals surface area contributed by atoms with Crippen LogP contribution in [0.15, 0.2) is 65.9 Å². The van der Waals surface area contributed by atoms with Gasteiger partial charge in [-0.3, -0.25) is 5.10 Å². The van der Waals surface area contributed by atoms with Crippen LogP contribution in [0.2, 0.25) is 0 Å². The van der Waals surface area contributed by atoms with Crippen LogP contribution in [0.25, 0.3) is 22.0 Å². The molecule has 0 aliphatic carbocycles. The summed E-state index contributed by atoms with van der Waals surface area (Å²) in [5.41, 5.74) is 5.23. The average Bonchev–Trinajstić information content (AvgIpc) is 3.65. The maximum absolute atomic E-state index is 12.8. The number of alkyl halides is 3. The fraction of sp³-hybridized carbons (Fsp3) is 0.310. The first kappa shape index (κ1) is 29.8. The fourth-order valence-electron chi connectivity index (χ4n) is 4.58. The molecule has 4 N–H and O–H groups in total. The van der Waals surface area contributed by atoms with Crippen molar-refractivity contribution in [1.82, 2.24) is 30.7 Å². The molecule has 2 aromatic carbocycles. The summed E-state index contributed by atoms with van der Waals surface area (Å²) in [6, 6.07) is 10.0. The third kappa shape index (κ3) is 8.90. The Hall–Kier alpha value is -4.69. The molecule has 0 spiro atoms. The zero-order chi connectivity index (χ0) is 30.1. The third-order valence-corrected chi connectivity index (χ3v) is 6.45. The SMILES string of the molecule is Oc1cc(-c2cc(NCCOCCCCNCc3cc(Cc4cocn4)cc(OC(F)(F)F)c3)c3cn[nH]c3c2)cnn1. The first-order valence-corrected chi connectivity index (χ1v) is 13.6. The number of aromatic hydroxyl groups is 1. The molecule has 5 aromatic rings. The molecule has 14 heteroatoms. The molecule has 0 amide bonds. The van der Waals surface area contributed by atoms with Crippen molar-refractivity contribution in [2.75, 3.05) is 31.6 Å². The monoisotopic (exact) mass is 597 g/mol. The molecule has 226 valence electrons. The number of fused-ring (bicyclic) bond motifs is 1. The highest BCUT2D eigenvalue weighted by molar-refractivity contribution is 5.95. The van der Waals surface area contributed by atoms with Crippen molar-refractivity contribution in [2.24, 2.45) is 0 Å². The third-order valence-electron chi connectivity index (χ3n) is 6.45. The van der Waals surface area contributed by atoms with Gasteiger partial charge >= 0.3 is 6.36 Å². The molecule has 5 rings (SSSR count). The van der Waals surface area contributed by atoms with Gasteiger partial charge < -0.3 is 29.6 Å². The van der Waals surface area contributed by atoms with Crippen molar-refractivity contribution in [3.8, 4) is 22.8 Å². The highest BCUT2D eigenvalue weighted by Crippen LogP contribution is 2.30. The van der Waals surface area contributed by atoms with Crippen LogP contribution in [0.3, 0.4) is 0 Å². The number of hydrogen-bond donors (Lipinski definition) is 4. The number of ether oxygens (including phenoxy) is 2. The van der Waals surface area contributed by atoms with E-state index in [9.17, 15) is 18.3 Å². The van der Waals surface area contributed by atoms with Crippen molar-refractivity contribution in [3.63, 3.8) is 0 Å². The van der Waals surface area contributed by atoms with Crippen LogP contribution in [-0.4, -0.2) is 63.2 Å². The highest BCUT2D eigenvalue weighted by atomic mass is 19.4. The summed E-state index contributed by atoms with van der Waals surface area (Å²) in [6.45, 7) is 2.71. The van der Waals surface area contributed by atoms with Crippen LogP contribution in [0.5, 0.6) is 11.6 Å². The van der Waals surface area contributed by atoms with Gasteiger partial charge in [-0.2, -0.15) is 10.2 Å². The Morgan fingerprint density at radius 3 is 2.65 bits per heavy atom. The van der Waals surface area contributed by atoms with E-state index in [0.29, 0.717) is 56.1 Å². The average molecular weight is 598 g/mol. The topological polar surface area (TPSA) is 143 Å². The molecule has 0 unspecified atom stereocenters. The van der Waals surface area contributed by atoms with E-state index in [1.54, 1.807) is 18.5 Å². The lowest BCUT2D eigenvalue weighted by atomic mass is 10.0. The summed E-state index contributed by atoms with van der Waals surface area (Å²) in [7, 11) is 0. The van der Waals surface area contributed by atoms with E-state index < -0.39 is 6.36 Å². The van der Waals surface area contributed by atoms with E-state index in [4.69, 9.17) is 9.15 Å². The second-order valence-electron chi connectivity index (χ2n) is 9.77. The number of anilines is 1. The van der Waals surface area contributed by atoms with Crippen molar-refractivity contribution < 1.29 is 32.2 Å². The number of oxazole rings is 1. The number of aromatic nitrogens is 5. The lowest BCUT2D eigenvalue weighted by Crippen LogP contribution is -2.18. The molecular weight excluding hydrogens is 567 g/mol. The molecule has 0 aliphatic heterocycles. The zero-order valence-electron chi connectivity index (χ0n) is 23.0. The Labute approximate surface area is 244 Å². The van der Waals surface area contributed by atoms with Crippen LogP contribution in [0.1, 0.15) is 29.7 Å². The van der Waals surface area contributed by atoms with Crippen LogP contribution < -0.4 is 15.4 Å². The van der Waals surface area contributed by atoms with Crippen LogP contribution in [-0.2, 0) is 17.7 Å². The smallest absolute Gasteiger partial charge is 0.492 e. The minimum Gasteiger partial charge on any atom is -0.492 e. The van der Waals surface area contributed by atoms with Gasteiger partial charge in [0.2, 0.25) is 5.88 Å². The van der Waals surface area contributed by atoms with Gasteiger partial charge in [0.1, 0.15) is 12.0 Å². The van der Waals surface area contributed by atoms with Gasteiger partial charge in [0.15, 0.2) is 6.39 Å². The van der Waals surface area contributed by atoms with E-state index in [1.807, 2.05) is 18.2 Å². The molecule has 0 saturated carbocycles. The number of unbranched alkanes of at least 4 members (excludes halogenated alkanes) is 1. The van der Waals surface area contributed by atoms with E-state index in [1.165, 1.54) is 24.8 Å². The quantitative estimate of drug-likeness (QED) is 0.119. The maximum Gasteiger partial charge on any atom is 0.573 e. The predicted octanol–water partition coefficient (Wildman–Crippen LogP) is 5.20. The number of hydrogen-bond acceptors (Lipinski definition) is 10. The second-order valence-corrected chi connectivity index (χ2v) is 9.77. The zero-order valence-corrected chi connectivity index (χ0v) is 23.0. The van der Waals surface area contributed by atoms with Crippen molar-refractivity contribution >= 4 is 16.6 Å². The van der Waals surface area contributed by atoms with Gasteiger partial charge in [-0.1, -0.05) is 6.07 Å². The molecule has 0 saturated heterocycles. The van der Waals surface area contributed by atoms with Gasteiger partial charge in [-0.15, -0.1) is 18.3 Å². The minimum absolute atomic E-state index is 0.154. The molecule has 0 bridgehead atoms. The van der Waals surface area contributed by atoms with Gasteiger partial charge in [0, 0.05) is 48.8 Å².